The summed E-state index contributed by atoms with van der Waals surface area (Å²) in [7, 11) is -2.11. The number of carbonyl (C=O) groups is 1. The molecule has 5 nitrogen and oxygen atoms in total. The lowest BCUT2D eigenvalue weighted by Gasteiger charge is -2.19. The summed E-state index contributed by atoms with van der Waals surface area (Å²) in [5.74, 6) is -0.0505. The van der Waals surface area contributed by atoms with E-state index in [-0.39, 0.29) is 10.8 Å². The van der Waals surface area contributed by atoms with E-state index < -0.39 is 10.0 Å². The summed E-state index contributed by atoms with van der Waals surface area (Å²) >= 11 is 0. The molecule has 0 aliphatic carbocycles. The molecule has 2 aromatic carbocycles. The van der Waals surface area contributed by atoms with Crippen molar-refractivity contribution in [3.05, 3.63) is 54.6 Å². The summed E-state index contributed by atoms with van der Waals surface area (Å²) in [5.41, 5.74) is 1.19. The molecule has 0 bridgehead atoms. The van der Waals surface area contributed by atoms with E-state index >= 15 is 0 Å². The third kappa shape index (κ3) is 5.06. The summed E-state index contributed by atoms with van der Waals surface area (Å²) in [5, 5.41) is 2.79. The van der Waals surface area contributed by atoms with Crippen molar-refractivity contribution in [1.82, 2.24) is 0 Å². The van der Waals surface area contributed by atoms with Crippen molar-refractivity contribution in [1.29, 1.82) is 0 Å². The Kier molecular flexibility index (Phi) is 6.58. The van der Waals surface area contributed by atoms with Crippen molar-refractivity contribution in [2.45, 2.75) is 37.5 Å². The molecule has 0 saturated heterocycles. The molecule has 0 radical (unpaired) electrons. The first-order chi connectivity index (χ1) is 11.9. The number of anilines is 2. The van der Waals surface area contributed by atoms with Crippen LogP contribution in [-0.4, -0.2) is 21.4 Å². The molecule has 1 N–H and O–H groups in total. The second-order valence-electron chi connectivity index (χ2n) is 5.84. The minimum Gasteiger partial charge on any atom is -0.326 e. The summed E-state index contributed by atoms with van der Waals surface area (Å²) in [6, 6.07) is 15.1. The SMILES string of the molecule is CCCCCC(=O)Nc1ccc(S(=O)(=O)N(C)c2ccccc2)cc1. The first-order valence-corrected chi connectivity index (χ1v) is 9.83. The van der Waals surface area contributed by atoms with Gasteiger partial charge in [-0.15, -0.1) is 0 Å². The Morgan fingerprint density at radius 1 is 1.00 bits per heavy atom. The van der Waals surface area contributed by atoms with Gasteiger partial charge in [0.25, 0.3) is 10.0 Å². The molecule has 2 rings (SSSR count). The molecule has 134 valence electrons. The molecule has 1 amide bonds. The van der Waals surface area contributed by atoms with Crippen molar-refractivity contribution < 1.29 is 13.2 Å². The summed E-state index contributed by atoms with van der Waals surface area (Å²) in [6.07, 6.45) is 3.42. The van der Waals surface area contributed by atoms with E-state index in [1.54, 1.807) is 36.4 Å². The fraction of sp³-hybridized carbons (Fsp3) is 0.316. The van der Waals surface area contributed by atoms with Gasteiger partial charge in [-0.2, -0.15) is 0 Å². The number of rotatable bonds is 8. The van der Waals surface area contributed by atoms with Crippen LogP contribution in [0.1, 0.15) is 32.6 Å². The Morgan fingerprint density at radius 2 is 1.64 bits per heavy atom. The lowest BCUT2D eigenvalue weighted by Crippen LogP contribution is -2.26. The van der Waals surface area contributed by atoms with Crippen molar-refractivity contribution in [2.75, 3.05) is 16.7 Å². The van der Waals surface area contributed by atoms with Crippen LogP contribution in [0.5, 0.6) is 0 Å². The Morgan fingerprint density at radius 3 is 2.24 bits per heavy atom. The van der Waals surface area contributed by atoms with Crippen LogP contribution >= 0.6 is 0 Å². The highest BCUT2D eigenvalue weighted by molar-refractivity contribution is 7.92. The molecule has 0 aromatic heterocycles. The Bertz CT molecular complexity index is 787. The average Bonchev–Trinajstić information content (AvgIpc) is 2.62. The first kappa shape index (κ1) is 19.0. The van der Waals surface area contributed by atoms with Crippen LogP contribution in [0.2, 0.25) is 0 Å². The molecule has 25 heavy (non-hydrogen) atoms. The van der Waals surface area contributed by atoms with Crippen LogP contribution in [0.25, 0.3) is 0 Å². The van der Waals surface area contributed by atoms with Crippen LogP contribution in [0.4, 0.5) is 11.4 Å². The van der Waals surface area contributed by atoms with Crippen LogP contribution in [0, 0.1) is 0 Å². The van der Waals surface area contributed by atoms with E-state index in [2.05, 4.69) is 12.2 Å². The molecule has 0 aliphatic rings. The molecular formula is C19H24N2O3S. The fourth-order valence-electron chi connectivity index (χ4n) is 2.40. The van der Waals surface area contributed by atoms with Gasteiger partial charge in [0.2, 0.25) is 5.91 Å². The topological polar surface area (TPSA) is 66.5 Å². The first-order valence-electron chi connectivity index (χ1n) is 8.39. The van der Waals surface area contributed by atoms with Crippen molar-refractivity contribution >= 4 is 27.3 Å². The number of sulfonamides is 1. The quantitative estimate of drug-likeness (QED) is 0.723. The maximum Gasteiger partial charge on any atom is 0.264 e. The van der Waals surface area contributed by atoms with E-state index in [0.717, 1.165) is 19.3 Å². The maximum absolute atomic E-state index is 12.7. The Balaban J connectivity index is 2.07. The number of para-hydroxylation sites is 1. The van der Waals surface area contributed by atoms with Gasteiger partial charge >= 0.3 is 0 Å². The number of hydrogen-bond acceptors (Lipinski definition) is 3. The van der Waals surface area contributed by atoms with Crippen LogP contribution in [-0.2, 0) is 14.8 Å². The Hall–Kier alpha value is -2.34. The van der Waals surface area contributed by atoms with Gasteiger partial charge in [-0.05, 0) is 42.8 Å². The van der Waals surface area contributed by atoms with Gasteiger partial charge in [-0.25, -0.2) is 8.42 Å². The molecule has 2 aromatic rings. The van der Waals surface area contributed by atoms with E-state index in [0.29, 0.717) is 17.8 Å². The number of nitrogens with zero attached hydrogens (tertiary/aromatic N) is 1. The zero-order valence-electron chi connectivity index (χ0n) is 14.6. The molecule has 0 spiro atoms. The predicted molar refractivity (Wildman–Crippen MR) is 101 cm³/mol. The highest BCUT2D eigenvalue weighted by Crippen LogP contribution is 2.22. The van der Waals surface area contributed by atoms with Crippen molar-refractivity contribution in [3.63, 3.8) is 0 Å². The standard InChI is InChI=1S/C19H24N2O3S/c1-3-4-6-11-19(22)20-16-12-14-18(15-13-16)25(23,24)21(2)17-9-7-5-8-10-17/h5,7-10,12-15H,3-4,6,11H2,1-2H3,(H,20,22). The minimum atomic E-state index is -3.63. The van der Waals surface area contributed by atoms with E-state index in [1.807, 2.05) is 6.07 Å². The van der Waals surface area contributed by atoms with E-state index in [9.17, 15) is 13.2 Å². The highest BCUT2D eigenvalue weighted by Gasteiger charge is 2.21. The van der Waals surface area contributed by atoms with Gasteiger partial charge in [0, 0.05) is 19.2 Å². The number of benzene rings is 2. The zero-order chi connectivity index (χ0) is 18.3. The largest absolute Gasteiger partial charge is 0.326 e. The summed E-state index contributed by atoms with van der Waals surface area (Å²) in [4.78, 5) is 12.0. The van der Waals surface area contributed by atoms with E-state index in [4.69, 9.17) is 0 Å². The molecule has 0 heterocycles. The normalized spacial score (nSPS) is 11.1. The second kappa shape index (κ2) is 8.67. The van der Waals surface area contributed by atoms with Gasteiger partial charge < -0.3 is 5.32 Å². The van der Waals surface area contributed by atoms with Crippen LogP contribution in [0.15, 0.2) is 59.5 Å². The molecule has 0 fully saturated rings. The molecule has 6 heteroatoms. The van der Waals surface area contributed by atoms with Gasteiger partial charge in [-0.1, -0.05) is 38.0 Å². The number of amides is 1. The zero-order valence-corrected chi connectivity index (χ0v) is 15.4. The van der Waals surface area contributed by atoms with Crippen LogP contribution in [0.3, 0.4) is 0 Å². The fourth-order valence-corrected chi connectivity index (χ4v) is 3.60. The lowest BCUT2D eigenvalue weighted by atomic mass is 10.2. The van der Waals surface area contributed by atoms with Gasteiger partial charge in [-0.3, -0.25) is 9.10 Å². The molecule has 0 unspecified atom stereocenters. The van der Waals surface area contributed by atoms with Gasteiger partial charge in [0.1, 0.15) is 0 Å². The maximum atomic E-state index is 12.7. The summed E-state index contributed by atoms with van der Waals surface area (Å²) < 4.78 is 26.6. The molecular weight excluding hydrogens is 336 g/mol. The van der Waals surface area contributed by atoms with Gasteiger partial charge in [0.05, 0.1) is 10.6 Å². The predicted octanol–water partition coefficient (Wildman–Crippen LogP) is 4.03. The lowest BCUT2D eigenvalue weighted by molar-refractivity contribution is -0.116. The number of carbonyl (C=O) groups excluding carboxylic acids is 1. The number of hydrogen-bond donors (Lipinski definition) is 1. The number of unbranched alkanes of at least 4 members (excludes halogenated alkanes) is 2. The molecule has 0 saturated carbocycles. The Labute approximate surface area is 149 Å². The van der Waals surface area contributed by atoms with Crippen LogP contribution < -0.4 is 9.62 Å². The average molecular weight is 360 g/mol. The second-order valence-corrected chi connectivity index (χ2v) is 7.81. The molecule has 0 aliphatic heterocycles. The van der Waals surface area contributed by atoms with E-state index in [1.165, 1.54) is 23.5 Å². The minimum absolute atomic E-state index is 0.0505. The van der Waals surface area contributed by atoms with Crippen molar-refractivity contribution in [2.24, 2.45) is 0 Å². The summed E-state index contributed by atoms with van der Waals surface area (Å²) in [6.45, 7) is 2.09. The monoisotopic (exact) mass is 360 g/mol. The third-order valence-electron chi connectivity index (χ3n) is 3.92. The van der Waals surface area contributed by atoms with Crippen molar-refractivity contribution in [3.8, 4) is 0 Å². The van der Waals surface area contributed by atoms with Gasteiger partial charge in [0.15, 0.2) is 0 Å². The smallest absolute Gasteiger partial charge is 0.264 e. The molecule has 0 atom stereocenters. The third-order valence-corrected chi connectivity index (χ3v) is 5.72. The highest BCUT2D eigenvalue weighted by atomic mass is 32.2. The number of nitrogens with one attached hydrogen (secondary N) is 1.